The number of nitrogens with zero attached hydrogens (tertiary/aromatic N) is 3. The second-order valence-electron chi connectivity index (χ2n) is 13.0. The lowest BCUT2D eigenvalue weighted by Gasteiger charge is -2.24. The number of aromatic nitrogens is 4. The Morgan fingerprint density at radius 2 is 1.44 bits per heavy atom. The van der Waals surface area contributed by atoms with Crippen molar-refractivity contribution in [3.05, 3.63) is 72.6 Å². The Morgan fingerprint density at radius 1 is 0.860 bits per heavy atom. The highest BCUT2D eigenvalue weighted by Crippen LogP contribution is 2.44. The molecule has 14 nitrogen and oxygen atoms in total. The lowest BCUT2D eigenvalue weighted by atomic mass is 10.0. The number of H-pyrrole nitrogens is 2. The second kappa shape index (κ2) is 14.4. The zero-order chi connectivity index (χ0) is 35.4. The summed E-state index contributed by atoms with van der Waals surface area (Å²) in [5, 5.41) is 8.17. The zero-order valence-corrected chi connectivity index (χ0v) is 28.5. The summed E-state index contributed by atoms with van der Waals surface area (Å²) in [6.07, 6.45) is 5.41. The molecule has 4 aromatic rings. The van der Waals surface area contributed by atoms with Crippen molar-refractivity contribution in [2.24, 2.45) is 5.92 Å². The summed E-state index contributed by atoms with van der Waals surface area (Å²) in [4.78, 5) is 66.7. The quantitative estimate of drug-likeness (QED) is 0.152. The van der Waals surface area contributed by atoms with Crippen molar-refractivity contribution in [3.63, 3.8) is 0 Å². The summed E-state index contributed by atoms with van der Waals surface area (Å²) in [7, 11) is 2.53. The van der Waals surface area contributed by atoms with Crippen molar-refractivity contribution in [2.75, 3.05) is 27.3 Å². The van der Waals surface area contributed by atoms with Crippen LogP contribution in [0.5, 0.6) is 0 Å². The van der Waals surface area contributed by atoms with Gasteiger partial charge in [-0.15, -0.1) is 0 Å². The van der Waals surface area contributed by atoms with E-state index in [0.717, 1.165) is 65.1 Å². The predicted molar refractivity (Wildman–Crippen MR) is 184 cm³/mol. The number of likely N-dealkylation sites (tertiary alicyclic amines) is 1. The largest absolute Gasteiger partial charge is 0.453 e. The summed E-state index contributed by atoms with van der Waals surface area (Å²) < 4.78 is 9.26. The number of carbonyl (C=O) groups excluding carboxylic acids is 4. The van der Waals surface area contributed by atoms with Gasteiger partial charge in [-0.3, -0.25) is 9.59 Å². The number of hydrogen-bond donors (Lipinski definition) is 5. The van der Waals surface area contributed by atoms with Gasteiger partial charge in [-0.25, -0.2) is 19.6 Å². The van der Waals surface area contributed by atoms with Gasteiger partial charge in [0.1, 0.15) is 24.2 Å². The fraction of sp³-hybridized carbons (Fsp3) is 0.389. The van der Waals surface area contributed by atoms with Crippen LogP contribution < -0.4 is 16.0 Å². The Balaban J connectivity index is 1.08. The van der Waals surface area contributed by atoms with Crippen molar-refractivity contribution in [2.45, 2.75) is 57.2 Å². The summed E-state index contributed by atoms with van der Waals surface area (Å²) in [5.74, 6) is 0.826. The first-order valence-corrected chi connectivity index (χ1v) is 16.7. The molecule has 1 aliphatic heterocycles. The third-order valence-corrected chi connectivity index (χ3v) is 9.33. The number of nitrogens with one attached hydrogen (secondary N) is 5. The van der Waals surface area contributed by atoms with E-state index >= 15 is 0 Å². The highest BCUT2D eigenvalue weighted by atomic mass is 16.5. The van der Waals surface area contributed by atoms with Crippen LogP contribution in [0.15, 0.2) is 60.9 Å². The number of hydrogen-bond acceptors (Lipinski definition) is 8. The van der Waals surface area contributed by atoms with Gasteiger partial charge in [0.25, 0.3) is 0 Å². The monoisotopic (exact) mass is 682 g/mol. The third kappa shape index (κ3) is 7.33. The number of aromatic amines is 2. The Kier molecular flexibility index (Phi) is 9.88. The van der Waals surface area contributed by atoms with Gasteiger partial charge in [-0.1, -0.05) is 62.4 Å². The second-order valence-corrected chi connectivity index (χ2v) is 13.0. The Bertz CT molecular complexity index is 1840. The third-order valence-electron chi connectivity index (χ3n) is 9.33. The van der Waals surface area contributed by atoms with Crippen LogP contribution >= 0.6 is 0 Å². The molecule has 5 N–H and O–H groups in total. The summed E-state index contributed by atoms with van der Waals surface area (Å²) in [6, 6.07) is 15.5. The standard InChI is InChI=1S/C36H42N8O6/c1-21(2)30(42-35(48)50-4)32(46)43-36(15-16-36)33-38-19-27(41-33)25-13-9-23(10-14-25)22-7-11-24(12-8-22)26-18-37-31(40-26)28-6-5-17-44(28)29(45)20-39-34(47)49-3/h7-14,18-19,21,28,30H,5-6,15-17,20H2,1-4H3,(H,37,40)(H,38,41)(H,39,47)(H,42,48)(H,43,46)/t28-,30-/m0/s1. The molecule has 0 bridgehead atoms. The van der Waals surface area contributed by atoms with E-state index in [9.17, 15) is 19.2 Å². The molecule has 0 spiro atoms. The first kappa shape index (κ1) is 34.2. The van der Waals surface area contributed by atoms with Gasteiger partial charge in [0.2, 0.25) is 11.8 Å². The summed E-state index contributed by atoms with van der Waals surface area (Å²) in [6.45, 7) is 4.21. The number of rotatable bonds is 11. The molecule has 2 atom stereocenters. The SMILES string of the molecule is COC(=O)NCC(=O)N1CCC[C@H]1c1ncc(-c2ccc(-c3ccc(-c4cnc(C5(NC(=O)[C@@H](NC(=O)OC)C(C)C)CC5)[nH]4)cc3)cc2)[nH]1. The molecule has 2 aromatic carbocycles. The van der Waals surface area contributed by atoms with E-state index in [4.69, 9.17) is 0 Å². The van der Waals surface area contributed by atoms with Crippen molar-refractivity contribution in [1.29, 1.82) is 0 Å². The normalized spacial score (nSPS) is 16.8. The molecule has 14 heteroatoms. The maximum atomic E-state index is 13.1. The van der Waals surface area contributed by atoms with Crippen molar-refractivity contribution in [3.8, 4) is 33.6 Å². The molecule has 2 fully saturated rings. The van der Waals surface area contributed by atoms with Gasteiger partial charge in [0.05, 0.1) is 49.6 Å². The van der Waals surface area contributed by atoms with Crippen molar-refractivity contribution in [1.82, 2.24) is 40.8 Å². The molecular weight excluding hydrogens is 640 g/mol. The Labute approximate surface area is 289 Å². The van der Waals surface area contributed by atoms with Crippen LogP contribution in [0.1, 0.15) is 57.2 Å². The minimum atomic E-state index is -0.725. The van der Waals surface area contributed by atoms with Gasteiger partial charge in [-0.2, -0.15) is 0 Å². The van der Waals surface area contributed by atoms with Gasteiger partial charge in [0.15, 0.2) is 0 Å². The minimum absolute atomic E-state index is 0.124. The highest BCUT2D eigenvalue weighted by molar-refractivity contribution is 5.87. The van der Waals surface area contributed by atoms with Crippen LogP contribution in [0.2, 0.25) is 0 Å². The molecular formula is C36H42N8O6. The maximum Gasteiger partial charge on any atom is 0.407 e. The lowest BCUT2D eigenvalue weighted by molar-refractivity contribution is -0.131. The Hall–Kier alpha value is -5.66. The van der Waals surface area contributed by atoms with Crippen LogP contribution in [0.4, 0.5) is 9.59 Å². The van der Waals surface area contributed by atoms with Crippen molar-refractivity contribution < 1.29 is 28.7 Å². The molecule has 0 unspecified atom stereocenters. The fourth-order valence-corrected chi connectivity index (χ4v) is 6.30. The van der Waals surface area contributed by atoms with E-state index in [2.05, 4.69) is 69.6 Å². The smallest absolute Gasteiger partial charge is 0.407 e. The number of imidazole rings is 2. The van der Waals surface area contributed by atoms with Crippen LogP contribution in [0.3, 0.4) is 0 Å². The van der Waals surface area contributed by atoms with E-state index in [0.29, 0.717) is 12.4 Å². The Morgan fingerprint density at radius 3 is 2.02 bits per heavy atom. The van der Waals surface area contributed by atoms with Gasteiger partial charge >= 0.3 is 12.2 Å². The van der Waals surface area contributed by atoms with Gasteiger partial charge < -0.3 is 40.3 Å². The minimum Gasteiger partial charge on any atom is -0.453 e. The maximum absolute atomic E-state index is 13.1. The first-order chi connectivity index (χ1) is 24.1. The fourth-order valence-electron chi connectivity index (χ4n) is 6.30. The van der Waals surface area contributed by atoms with Crippen LogP contribution in [0, 0.1) is 5.92 Å². The van der Waals surface area contributed by atoms with E-state index < -0.39 is 23.8 Å². The zero-order valence-electron chi connectivity index (χ0n) is 28.5. The highest BCUT2D eigenvalue weighted by Gasteiger charge is 2.49. The molecule has 6 rings (SSSR count). The average Bonchev–Trinajstić information content (AvgIpc) is 3.55. The molecule has 4 amide bonds. The first-order valence-electron chi connectivity index (χ1n) is 16.7. The van der Waals surface area contributed by atoms with Crippen LogP contribution in [-0.4, -0.2) is 82.2 Å². The lowest BCUT2D eigenvalue weighted by Crippen LogP contribution is -2.52. The molecule has 2 aliphatic rings. The summed E-state index contributed by atoms with van der Waals surface area (Å²) in [5.41, 5.74) is 5.14. The van der Waals surface area contributed by atoms with E-state index in [-0.39, 0.29) is 30.3 Å². The predicted octanol–water partition coefficient (Wildman–Crippen LogP) is 4.64. The number of ether oxygens (including phenoxy) is 2. The van der Waals surface area contributed by atoms with Crippen LogP contribution in [-0.2, 0) is 24.6 Å². The molecule has 2 aromatic heterocycles. The van der Waals surface area contributed by atoms with E-state index in [1.54, 1.807) is 17.3 Å². The number of alkyl carbamates (subject to hydrolysis) is 2. The molecule has 262 valence electrons. The molecule has 1 aliphatic carbocycles. The van der Waals surface area contributed by atoms with Crippen molar-refractivity contribution >= 4 is 24.0 Å². The number of benzene rings is 2. The molecule has 1 saturated heterocycles. The number of amides is 4. The van der Waals surface area contributed by atoms with Gasteiger partial charge in [-0.05, 0) is 53.9 Å². The van der Waals surface area contributed by atoms with E-state index in [1.165, 1.54) is 14.2 Å². The summed E-state index contributed by atoms with van der Waals surface area (Å²) >= 11 is 0. The number of carbonyl (C=O) groups is 4. The van der Waals surface area contributed by atoms with Gasteiger partial charge in [0, 0.05) is 6.54 Å². The molecule has 50 heavy (non-hydrogen) atoms. The van der Waals surface area contributed by atoms with E-state index in [1.807, 2.05) is 38.1 Å². The molecule has 0 radical (unpaired) electrons. The molecule has 1 saturated carbocycles. The van der Waals surface area contributed by atoms with Crippen LogP contribution in [0.25, 0.3) is 33.6 Å². The number of methoxy groups -OCH3 is 2. The topological polar surface area (TPSA) is 183 Å². The average molecular weight is 683 g/mol. The molecule has 3 heterocycles.